The highest BCUT2D eigenvalue weighted by Crippen LogP contribution is 2.14. The zero-order chi connectivity index (χ0) is 22.4. The van der Waals surface area contributed by atoms with E-state index in [1.807, 2.05) is 36.4 Å². The predicted octanol–water partition coefficient (Wildman–Crippen LogP) is 3.63. The number of pyridine rings is 1. The Labute approximate surface area is 183 Å². The van der Waals surface area contributed by atoms with Gasteiger partial charge in [-0.15, -0.1) is 0 Å². The summed E-state index contributed by atoms with van der Waals surface area (Å²) in [5, 5.41) is 5.90. The average molecular weight is 425 g/mol. The van der Waals surface area contributed by atoms with Gasteiger partial charge in [0.15, 0.2) is 0 Å². The normalized spacial score (nSPS) is 14.5. The number of nitrogens with zero attached hydrogens (tertiary/aromatic N) is 2. The number of piperidine rings is 1. The lowest BCUT2D eigenvalue weighted by Gasteiger charge is -2.32. The molecule has 7 heteroatoms. The number of hydrogen-bond acceptors (Lipinski definition) is 3. The molecule has 0 bridgehead atoms. The number of anilines is 1. The first-order chi connectivity index (χ1) is 14.8. The van der Waals surface area contributed by atoms with Crippen molar-refractivity contribution in [1.82, 2.24) is 14.8 Å². The van der Waals surface area contributed by atoms with Crippen LogP contribution in [-0.4, -0.2) is 40.5 Å². The second-order valence-electron chi connectivity index (χ2n) is 8.59. The zero-order valence-corrected chi connectivity index (χ0v) is 18.6. The average Bonchev–Trinajstić information content (AvgIpc) is 2.74. The van der Waals surface area contributed by atoms with Crippen LogP contribution in [0.1, 0.15) is 49.0 Å². The summed E-state index contributed by atoms with van der Waals surface area (Å²) in [6, 6.07) is 11.0. The molecule has 0 saturated carbocycles. The molecular formula is C24H32N4O3. The fraction of sp³-hybridized carbons (Fsp3) is 0.458. The Morgan fingerprint density at radius 2 is 1.77 bits per heavy atom. The molecule has 3 amide bonds. The molecule has 0 aliphatic carbocycles. The number of rotatable bonds is 6. The van der Waals surface area contributed by atoms with E-state index in [4.69, 9.17) is 0 Å². The quantitative estimate of drug-likeness (QED) is 0.743. The molecule has 1 saturated heterocycles. The van der Waals surface area contributed by atoms with E-state index in [1.54, 1.807) is 22.6 Å². The van der Waals surface area contributed by atoms with Crippen LogP contribution in [0.4, 0.5) is 10.5 Å². The molecule has 1 aliphatic heterocycles. The number of aromatic nitrogens is 1. The first kappa shape index (κ1) is 22.6. The van der Waals surface area contributed by atoms with Crippen molar-refractivity contribution in [3.63, 3.8) is 0 Å². The smallest absolute Gasteiger partial charge is 0.321 e. The van der Waals surface area contributed by atoms with Gasteiger partial charge in [0.1, 0.15) is 5.56 Å². The molecule has 0 atom stereocenters. The molecule has 0 spiro atoms. The maximum absolute atomic E-state index is 12.9. The monoisotopic (exact) mass is 424 g/mol. The highest BCUT2D eigenvalue weighted by atomic mass is 16.2. The molecule has 0 unspecified atom stereocenters. The standard InChI is InChI=1S/C24H32N4O3/c1-17(2)9-13-27-14-10-18(3)21(23(27)30)22(29)25-20-11-15-28(16-12-20)24(31)26-19-7-5-4-6-8-19/h4-8,10,14,17,20H,9,11-13,15-16H2,1-3H3,(H,25,29)(H,26,31). The molecule has 0 radical (unpaired) electrons. The Bertz CT molecular complexity index is 961. The fourth-order valence-electron chi connectivity index (χ4n) is 3.72. The highest BCUT2D eigenvalue weighted by Gasteiger charge is 2.25. The molecule has 2 aromatic rings. The molecule has 2 heterocycles. The van der Waals surface area contributed by atoms with Gasteiger partial charge in [-0.25, -0.2) is 4.79 Å². The minimum Gasteiger partial charge on any atom is -0.349 e. The van der Waals surface area contributed by atoms with Crippen LogP contribution in [0.15, 0.2) is 47.4 Å². The lowest BCUT2D eigenvalue weighted by Crippen LogP contribution is -2.48. The van der Waals surface area contributed by atoms with Crippen molar-refractivity contribution in [2.45, 2.75) is 52.6 Å². The van der Waals surface area contributed by atoms with E-state index < -0.39 is 0 Å². The van der Waals surface area contributed by atoms with Gasteiger partial charge in [0.2, 0.25) is 0 Å². The maximum atomic E-state index is 12.9. The van der Waals surface area contributed by atoms with Crippen LogP contribution in [-0.2, 0) is 6.54 Å². The summed E-state index contributed by atoms with van der Waals surface area (Å²) in [6.45, 7) is 7.72. The summed E-state index contributed by atoms with van der Waals surface area (Å²) in [7, 11) is 0. The number of carbonyl (C=O) groups excluding carboxylic acids is 2. The third-order valence-electron chi connectivity index (χ3n) is 5.69. The summed E-state index contributed by atoms with van der Waals surface area (Å²) >= 11 is 0. The van der Waals surface area contributed by atoms with Crippen LogP contribution >= 0.6 is 0 Å². The lowest BCUT2D eigenvalue weighted by molar-refractivity contribution is 0.0916. The molecule has 166 valence electrons. The van der Waals surface area contributed by atoms with Crippen LogP contribution in [0.2, 0.25) is 0 Å². The summed E-state index contributed by atoms with van der Waals surface area (Å²) in [5.74, 6) is 0.156. The molecule has 1 aliphatic rings. The number of urea groups is 1. The predicted molar refractivity (Wildman–Crippen MR) is 122 cm³/mol. The maximum Gasteiger partial charge on any atom is 0.321 e. The van der Waals surface area contributed by atoms with Crippen molar-refractivity contribution in [3.05, 3.63) is 64.1 Å². The number of carbonyl (C=O) groups is 2. The van der Waals surface area contributed by atoms with Gasteiger partial charge < -0.3 is 20.1 Å². The Hall–Kier alpha value is -3.09. The fourth-order valence-corrected chi connectivity index (χ4v) is 3.72. The second kappa shape index (κ2) is 10.3. The summed E-state index contributed by atoms with van der Waals surface area (Å²) in [5.41, 5.74) is 1.42. The highest BCUT2D eigenvalue weighted by molar-refractivity contribution is 5.95. The number of benzene rings is 1. The van der Waals surface area contributed by atoms with E-state index in [9.17, 15) is 14.4 Å². The number of hydrogen-bond donors (Lipinski definition) is 2. The van der Waals surface area contributed by atoms with Gasteiger partial charge in [0, 0.05) is 37.6 Å². The van der Waals surface area contributed by atoms with Crippen LogP contribution < -0.4 is 16.2 Å². The number of likely N-dealkylation sites (tertiary alicyclic amines) is 1. The minimum atomic E-state index is -0.325. The van der Waals surface area contributed by atoms with Crippen molar-refractivity contribution >= 4 is 17.6 Å². The Morgan fingerprint density at radius 1 is 1.10 bits per heavy atom. The molecular weight excluding hydrogens is 392 g/mol. The number of aryl methyl sites for hydroxylation is 2. The zero-order valence-electron chi connectivity index (χ0n) is 18.6. The molecule has 3 rings (SSSR count). The Kier molecular flexibility index (Phi) is 7.50. The van der Waals surface area contributed by atoms with E-state index in [-0.39, 0.29) is 29.1 Å². The van der Waals surface area contributed by atoms with E-state index >= 15 is 0 Å². The van der Waals surface area contributed by atoms with Crippen molar-refractivity contribution in [3.8, 4) is 0 Å². The molecule has 1 fully saturated rings. The van der Waals surface area contributed by atoms with E-state index in [1.165, 1.54) is 0 Å². The molecule has 7 nitrogen and oxygen atoms in total. The summed E-state index contributed by atoms with van der Waals surface area (Å²) in [4.78, 5) is 39.9. The molecule has 31 heavy (non-hydrogen) atoms. The van der Waals surface area contributed by atoms with Gasteiger partial charge in [-0.3, -0.25) is 9.59 Å². The number of nitrogens with one attached hydrogen (secondary N) is 2. The third-order valence-corrected chi connectivity index (χ3v) is 5.69. The van der Waals surface area contributed by atoms with E-state index in [0.29, 0.717) is 44.0 Å². The minimum absolute atomic E-state index is 0.0589. The van der Waals surface area contributed by atoms with Crippen LogP contribution in [0.3, 0.4) is 0 Å². The van der Waals surface area contributed by atoms with Crippen molar-refractivity contribution in [2.75, 3.05) is 18.4 Å². The largest absolute Gasteiger partial charge is 0.349 e. The van der Waals surface area contributed by atoms with Gasteiger partial charge in [-0.2, -0.15) is 0 Å². The van der Waals surface area contributed by atoms with Crippen molar-refractivity contribution in [1.29, 1.82) is 0 Å². The van der Waals surface area contributed by atoms with Crippen LogP contribution in [0.25, 0.3) is 0 Å². The van der Waals surface area contributed by atoms with Gasteiger partial charge >= 0.3 is 6.03 Å². The molecule has 2 N–H and O–H groups in total. The second-order valence-corrected chi connectivity index (χ2v) is 8.59. The molecule has 1 aromatic heterocycles. The summed E-state index contributed by atoms with van der Waals surface area (Å²) < 4.78 is 1.62. The summed E-state index contributed by atoms with van der Waals surface area (Å²) in [6.07, 6.45) is 3.96. The van der Waals surface area contributed by atoms with E-state index in [0.717, 1.165) is 12.1 Å². The SMILES string of the molecule is Cc1ccn(CCC(C)C)c(=O)c1C(=O)NC1CCN(C(=O)Nc2ccccc2)CC1. The first-order valence-electron chi connectivity index (χ1n) is 11.0. The topological polar surface area (TPSA) is 83.4 Å². The van der Waals surface area contributed by atoms with E-state index in [2.05, 4.69) is 24.5 Å². The molecule has 1 aromatic carbocycles. The van der Waals surface area contributed by atoms with Gasteiger partial charge in [-0.1, -0.05) is 32.0 Å². The lowest BCUT2D eigenvalue weighted by atomic mass is 10.0. The number of para-hydroxylation sites is 1. The van der Waals surface area contributed by atoms with Crippen molar-refractivity contribution in [2.24, 2.45) is 5.92 Å². The Morgan fingerprint density at radius 3 is 2.42 bits per heavy atom. The van der Waals surface area contributed by atoms with Crippen LogP contribution in [0, 0.1) is 12.8 Å². The van der Waals surface area contributed by atoms with Gasteiger partial charge in [0.05, 0.1) is 0 Å². The van der Waals surface area contributed by atoms with Gasteiger partial charge in [-0.05, 0) is 55.9 Å². The Balaban J connectivity index is 1.57. The van der Waals surface area contributed by atoms with Gasteiger partial charge in [0.25, 0.3) is 11.5 Å². The number of amides is 3. The third kappa shape index (κ3) is 5.96. The van der Waals surface area contributed by atoms with Crippen molar-refractivity contribution < 1.29 is 9.59 Å². The first-order valence-corrected chi connectivity index (χ1v) is 11.0. The van der Waals surface area contributed by atoms with Crippen LogP contribution in [0.5, 0.6) is 0 Å².